The lowest BCUT2D eigenvalue weighted by Gasteiger charge is -2.27. The summed E-state index contributed by atoms with van der Waals surface area (Å²) in [7, 11) is 0. The van der Waals surface area contributed by atoms with Crippen molar-refractivity contribution in [3.63, 3.8) is 0 Å². The third kappa shape index (κ3) is 4.17. The van der Waals surface area contributed by atoms with Gasteiger partial charge in [-0.15, -0.1) is 0 Å². The molecule has 8 heteroatoms. The van der Waals surface area contributed by atoms with Crippen LogP contribution < -0.4 is 10.6 Å². The number of amides is 1. The predicted octanol–water partition coefficient (Wildman–Crippen LogP) is 4.04. The topological polar surface area (TPSA) is 57.3 Å². The molecule has 2 N–H and O–H groups in total. The number of fused-ring (bicyclic) bond motifs is 1. The minimum absolute atomic E-state index is 0.0374. The second-order valence-electron chi connectivity index (χ2n) is 6.84. The highest BCUT2D eigenvalue weighted by Crippen LogP contribution is 2.33. The number of pyridine rings is 1. The van der Waals surface area contributed by atoms with E-state index in [9.17, 15) is 18.0 Å². The van der Waals surface area contributed by atoms with Crippen molar-refractivity contribution < 1.29 is 18.0 Å². The van der Waals surface area contributed by atoms with Crippen LogP contribution in [0.2, 0.25) is 0 Å². The Hall–Kier alpha value is -3.13. The van der Waals surface area contributed by atoms with Crippen molar-refractivity contribution >= 4 is 28.2 Å². The molecule has 1 amide bonds. The van der Waals surface area contributed by atoms with Gasteiger partial charge in [-0.05, 0) is 36.4 Å². The van der Waals surface area contributed by atoms with E-state index in [4.69, 9.17) is 0 Å². The average molecular weight is 400 g/mol. The molecule has 0 radical (unpaired) electrons. The standard InChI is InChI=1S/C21H19F3N4O/c22-21(23,24)15-4-5-17-18(6-7-26-19(17)13-15)27-16-3-1-2-14(12-16)20(29)28-10-8-25-9-11-28/h1-7,12-13,25H,8-11H2,(H,26,27). The molecule has 29 heavy (non-hydrogen) atoms. The first kappa shape index (κ1) is 19.2. The normalized spacial score (nSPS) is 14.8. The van der Waals surface area contributed by atoms with Crippen LogP contribution in [0.15, 0.2) is 54.7 Å². The monoisotopic (exact) mass is 400 g/mol. The van der Waals surface area contributed by atoms with Crippen molar-refractivity contribution in [3.05, 3.63) is 65.9 Å². The van der Waals surface area contributed by atoms with E-state index in [2.05, 4.69) is 15.6 Å². The Kier molecular flexibility index (Phi) is 5.10. The number of aromatic nitrogens is 1. The minimum atomic E-state index is -4.42. The van der Waals surface area contributed by atoms with E-state index in [1.807, 2.05) is 6.07 Å². The van der Waals surface area contributed by atoms with Crippen LogP contribution in [0.1, 0.15) is 15.9 Å². The Morgan fingerprint density at radius 1 is 1.07 bits per heavy atom. The highest BCUT2D eigenvalue weighted by molar-refractivity contribution is 5.97. The van der Waals surface area contributed by atoms with Crippen molar-refractivity contribution in [1.29, 1.82) is 0 Å². The first-order chi connectivity index (χ1) is 13.9. The molecule has 0 bridgehead atoms. The molecule has 3 aromatic rings. The molecule has 0 aliphatic carbocycles. The number of carbonyl (C=O) groups is 1. The van der Waals surface area contributed by atoms with Gasteiger partial charge in [-0.1, -0.05) is 12.1 Å². The van der Waals surface area contributed by atoms with Crippen LogP contribution in [0, 0.1) is 0 Å². The van der Waals surface area contributed by atoms with Crippen LogP contribution in [0.25, 0.3) is 10.9 Å². The molecule has 1 aliphatic rings. The van der Waals surface area contributed by atoms with Crippen LogP contribution >= 0.6 is 0 Å². The number of carbonyl (C=O) groups excluding carboxylic acids is 1. The summed E-state index contributed by atoms with van der Waals surface area (Å²) in [6.07, 6.45) is -2.96. The number of hydrogen-bond acceptors (Lipinski definition) is 4. The lowest BCUT2D eigenvalue weighted by Crippen LogP contribution is -2.46. The van der Waals surface area contributed by atoms with Crippen molar-refractivity contribution in [2.24, 2.45) is 0 Å². The Labute approximate surface area is 165 Å². The number of anilines is 2. The molecule has 150 valence electrons. The van der Waals surface area contributed by atoms with Crippen molar-refractivity contribution in [2.75, 3.05) is 31.5 Å². The van der Waals surface area contributed by atoms with E-state index in [0.29, 0.717) is 35.4 Å². The lowest BCUT2D eigenvalue weighted by molar-refractivity contribution is -0.137. The Bertz CT molecular complexity index is 1050. The number of hydrogen-bond donors (Lipinski definition) is 2. The molecule has 1 saturated heterocycles. The second-order valence-corrected chi connectivity index (χ2v) is 6.84. The first-order valence-electron chi connectivity index (χ1n) is 9.25. The van der Waals surface area contributed by atoms with Crippen molar-refractivity contribution in [1.82, 2.24) is 15.2 Å². The summed E-state index contributed by atoms with van der Waals surface area (Å²) in [6.45, 7) is 2.86. The Morgan fingerprint density at radius 3 is 2.62 bits per heavy atom. The third-order valence-electron chi connectivity index (χ3n) is 4.86. The smallest absolute Gasteiger partial charge is 0.355 e. The summed E-state index contributed by atoms with van der Waals surface area (Å²) in [5, 5.41) is 6.98. The summed E-state index contributed by atoms with van der Waals surface area (Å²) >= 11 is 0. The van der Waals surface area contributed by atoms with Gasteiger partial charge >= 0.3 is 6.18 Å². The highest BCUT2D eigenvalue weighted by atomic mass is 19.4. The van der Waals surface area contributed by atoms with Gasteiger partial charge < -0.3 is 15.5 Å². The van der Waals surface area contributed by atoms with Crippen LogP contribution in [0.5, 0.6) is 0 Å². The average Bonchev–Trinajstić information content (AvgIpc) is 2.73. The van der Waals surface area contributed by atoms with E-state index in [1.54, 1.807) is 29.2 Å². The molecule has 0 saturated carbocycles. The third-order valence-corrected chi connectivity index (χ3v) is 4.86. The summed E-state index contributed by atoms with van der Waals surface area (Å²) in [6, 6.07) is 12.3. The van der Waals surface area contributed by atoms with Crippen LogP contribution in [0.3, 0.4) is 0 Å². The van der Waals surface area contributed by atoms with Gasteiger partial charge in [-0.3, -0.25) is 9.78 Å². The van der Waals surface area contributed by atoms with Crippen LogP contribution in [0.4, 0.5) is 24.5 Å². The minimum Gasteiger partial charge on any atom is -0.355 e. The fourth-order valence-electron chi connectivity index (χ4n) is 3.37. The van der Waals surface area contributed by atoms with E-state index in [-0.39, 0.29) is 11.4 Å². The summed E-state index contributed by atoms with van der Waals surface area (Å²) in [5.41, 5.74) is 1.37. The zero-order valence-corrected chi connectivity index (χ0v) is 15.5. The molecule has 4 rings (SSSR count). The molecule has 0 spiro atoms. The Morgan fingerprint density at radius 2 is 1.86 bits per heavy atom. The first-order valence-corrected chi connectivity index (χ1v) is 9.25. The molecule has 0 atom stereocenters. The van der Waals surface area contributed by atoms with E-state index in [0.717, 1.165) is 25.2 Å². The maximum atomic E-state index is 13.0. The number of halogens is 3. The largest absolute Gasteiger partial charge is 0.416 e. The molecular weight excluding hydrogens is 381 g/mol. The Balaban J connectivity index is 1.61. The molecule has 5 nitrogen and oxygen atoms in total. The zero-order chi connectivity index (χ0) is 20.4. The van der Waals surface area contributed by atoms with Gasteiger partial charge in [0.15, 0.2) is 0 Å². The molecular formula is C21H19F3N4O. The molecule has 1 fully saturated rings. The number of nitrogens with one attached hydrogen (secondary N) is 2. The van der Waals surface area contributed by atoms with Gasteiger partial charge in [-0.2, -0.15) is 13.2 Å². The van der Waals surface area contributed by atoms with Crippen LogP contribution in [-0.4, -0.2) is 42.0 Å². The molecule has 2 aromatic carbocycles. The molecule has 2 heterocycles. The van der Waals surface area contributed by atoms with Gasteiger partial charge in [-0.25, -0.2) is 0 Å². The van der Waals surface area contributed by atoms with Gasteiger partial charge in [0.25, 0.3) is 5.91 Å². The van der Waals surface area contributed by atoms with Gasteiger partial charge in [0.05, 0.1) is 11.1 Å². The van der Waals surface area contributed by atoms with Gasteiger partial charge in [0.2, 0.25) is 0 Å². The molecule has 1 aromatic heterocycles. The number of rotatable bonds is 3. The maximum absolute atomic E-state index is 13.0. The van der Waals surface area contributed by atoms with Gasteiger partial charge in [0.1, 0.15) is 0 Å². The summed E-state index contributed by atoms with van der Waals surface area (Å²) in [5.74, 6) is -0.0374. The maximum Gasteiger partial charge on any atom is 0.416 e. The quantitative estimate of drug-likeness (QED) is 0.697. The zero-order valence-electron chi connectivity index (χ0n) is 15.5. The second kappa shape index (κ2) is 7.71. The summed E-state index contributed by atoms with van der Waals surface area (Å²) < 4.78 is 38.9. The number of piperazine rings is 1. The molecule has 0 unspecified atom stereocenters. The summed E-state index contributed by atoms with van der Waals surface area (Å²) in [4.78, 5) is 18.6. The number of nitrogens with zero attached hydrogens (tertiary/aromatic N) is 2. The SMILES string of the molecule is O=C(c1cccc(Nc2ccnc3cc(C(F)(F)F)ccc23)c1)N1CCNCC1. The van der Waals surface area contributed by atoms with E-state index in [1.165, 1.54) is 12.3 Å². The van der Waals surface area contributed by atoms with E-state index >= 15 is 0 Å². The number of benzene rings is 2. The lowest BCUT2D eigenvalue weighted by atomic mass is 10.1. The predicted molar refractivity (Wildman–Crippen MR) is 105 cm³/mol. The fourth-order valence-corrected chi connectivity index (χ4v) is 3.37. The fraction of sp³-hybridized carbons (Fsp3) is 0.238. The highest BCUT2D eigenvalue weighted by Gasteiger charge is 2.30. The van der Waals surface area contributed by atoms with Gasteiger partial charge in [0, 0.05) is 54.7 Å². The molecule has 1 aliphatic heterocycles. The van der Waals surface area contributed by atoms with E-state index < -0.39 is 11.7 Å². The van der Waals surface area contributed by atoms with Crippen molar-refractivity contribution in [2.45, 2.75) is 6.18 Å². The van der Waals surface area contributed by atoms with Crippen LogP contribution in [-0.2, 0) is 6.18 Å². The van der Waals surface area contributed by atoms with Crippen molar-refractivity contribution in [3.8, 4) is 0 Å². The number of alkyl halides is 3.